The molecule has 3 rings (SSSR count). The maximum absolute atomic E-state index is 13.5. The molecule has 0 radical (unpaired) electrons. The number of nitrogens with zero attached hydrogens (tertiary/aromatic N) is 2. The number of sulfonamides is 1. The summed E-state index contributed by atoms with van der Waals surface area (Å²) in [6.45, 7) is 0.543. The SMILES string of the molecule is CNc1c(Br)cncc1S(=O)(=O)N(Cc1ccccc1)Cc1ccccc1. The van der Waals surface area contributed by atoms with Crippen molar-refractivity contribution in [1.29, 1.82) is 0 Å². The predicted molar refractivity (Wildman–Crippen MR) is 111 cm³/mol. The molecule has 2 aromatic carbocycles. The van der Waals surface area contributed by atoms with Gasteiger partial charge in [0.25, 0.3) is 0 Å². The van der Waals surface area contributed by atoms with Crippen LogP contribution in [-0.2, 0) is 23.1 Å². The molecular weight excluding hydrogens is 426 g/mol. The zero-order valence-electron chi connectivity index (χ0n) is 14.8. The van der Waals surface area contributed by atoms with Crippen molar-refractivity contribution in [3.05, 3.63) is 88.7 Å². The van der Waals surface area contributed by atoms with Gasteiger partial charge in [-0.05, 0) is 27.1 Å². The average molecular weight is 446 g/mol. The van der Waals surface area contributed by atoms with Crippen molar-refractivity contribution in [3.63, 3.8) is 0 Å². The number of aromatic nitrogens is 1. The molecule has 0 atom stereocenters. The number of anilines is 1. The minimum absolute atomic E-state index is 0.145. The molecule has 0 amide bonds. The molecule has 1 N–H and O–H groups in total. The second kappa shape index (κ2) is 8.65. The first kappa shape index (κ1) is 19.5. The number of hydrogen-bond donors (Lipinski definition) is 1. The zero-order valence-corrected chi connectivity index (χ0v) is 17.2. The fraction of sp³-hybridized carbons (Fsp3) is 0.150. The molecule has 3 aromatic rings. The third kappa shape index (κ3) is 4.55. The van der Waals surface area contributed by atoms with Crippen molar-refractivity contribution < 1.29 is 8.42 Å². The van der Waals surface area contributed by atoms with Gasteiger partial charge in [-0.25, -0.2) is 8.42 Å². The van der Waals surface area contributed by atoms with Crippen LogP contribution in [-0.4, -0.2) is 24.8 Å². The third-order valence-electron chi connectivity index (χ3n) is 4.14. The summed E-state index contributed by atoms with van der Waals surface area (Å²) in [5.41, 5.74) is 2.34. The summed E-state index contributed by atoms with van der Waals surface area (Å²) >= 11 is 3.37. The molecule has 1 aromatic heterocycles. The number of benzene rings is 2. The largest absolute Gasteiger partial charge is 0.386 e. The van der Waals surface area contributed by atoms with Gasteiger partial charge in [-0.1, -0.05) is 60.7 Å². The Morgan fingerprint density at radius 2 is 1.44 bits per heavy atom. The van der Waals surface area contributed by atoms with E-state index in [2.05, 4.69) is 26.2 Å². The highest BCUT2D eigenvalue weighted by Crippen LogP contribution is 2.31. The Labute approximate surface area is 168 Å². The van der Waals surface area contributed by atoms with E-state index >= 15 is 0 Å². The monoisotopic (exact) mass is 445 g/mol. The lowest BCUT2D eigenvalue weighted by Crippen LogP contribution is -2.31. The highest BCUT2D eigenvalue weighted by Gasteiger charge is 2.28. The summed E-state index contributed by atoms with van der Waals surface area (Å²) in [4.78, 5) is 4.21. The predicted octanol–water partition coefficient (Wildman–Crippen LogP) is 4.28. The number of nitrogens with one attached hydrogen (secondary N) is 1. The number of hydrogen-bond acceptors (Lipinski definition) is 4. The van der Waals surface area contributed by atoms with Crippen LogP contribution in [0.2, 0.25) is 0 Å². The topological polar surface area (TPSA) is 62.3 Å². The van der Waals surface area contributed by atoms with Crippen LogP contribution in [0.5, 0.6) is 0 Å². The Kier molecular flexibility index (Phi) is 6.26. The molecule has 0 unspecified atom stereocenters. The molecule has 140 valence electrons. The third-order valence-corrected chi connectivity index (χ3v) is 6.54. The lowest BCUT2D eigenvalue weighted by molar-refractivity contribution is 0.401. The molecule has 0 spiro atoms. The maximum atomic E-state index is 13.5. The smallest absolute Gasteiger partial charge is 0.247 e. The van der Waals surface area contributed by atoms with Crippen molar-refractivity contribution in [3.8, 4) is 0 Å². The normalized spacial score (nSPS) is 11.5. The minimum Gasteiger partial charge on any atom is -0.386 e. The molecular formula is C20H20BrN3O2S. The van der Waals surface area contributed by atoms with E-state index in [1.165, 1.54) is 10.5 Å². The van der Waals surface area contributed by atoms with Crippen LogP contribution in [0.15, 0.2) is 82.4 Å². The second-order valence-electron chi connectivity index (χ2n) is 5.99. The van der Waals surface area contributed by atoms with Crippen molar-refractivity contribution in [2.24, 2.45) is 0 Å². The van der Waals surface area contributed by atoms with Crippen LogP contribution in [0.3, 0.4) is 0 Å². The molecule has 0 bridgehead atoms. The van der Waals surface area contributed by atoms with E-state index in [1.807, 2.05) is 60.7 Å². The van der Waals surface area contributed by atoms with Crippen LogP contribution < -0.4 is 5.32 Å². The van der Waals surface area contributed by atoms with Gasteiger partial charge < -0.3 is 5.32 Å². The van der Waals surface area contributed by atoms with E-state index in [-0.39, 0.29) is 18.0 Å². The van der Waals surface area contributed by atoms with Crippen LogP contribution in [0.1, 0.15) is 11.1 Å². The summed E-state index contributed by atoms with van der Waals surface area (Å²) in [6.07, 6.45) is 2.96. The number of rotatable bonds is 7. The Morgan fingerprint density at radius 1 is 0.926 bits per heavy atom. The van der Waals surface area contributed by atoms with Gasteiger partial charge in [-0.3, -0.25) is 4.98 Å². The summed E-state index contributed by atoms with van der Waals surface area (Å²) in [6, 6.07) is 19.1. The van der Waals surface area contributed by atoms with Crippen LogP contribution >= 0.6 is 15.9 Å². The van der Waals surface area contributed by atoms with Crippen LogP contribution in [0.25, 0.3) is 0 Å². The molecule has 0 aliphatic carbocycles. The Hall–Kier alpha value is -2.22. The van der Waals surface area contributed by atoms with E-state index in [9.17, 15) is 8.42 Å². The summed E-state index contributed by atoms with van der Waals surface area (Å²) in [5, 5.41) is 2.96. The first-order valence-electron chi connectivity index (χ1n) is 8.41. The molecule has 0 saturated heterocycles. The molecule has 0 aliphatic heterocycles. The van der Waals surface area contributed by atoms with Gasteiger partial charge in [0, 0.05) is 32.5 Å². The van der Waals surface area contributed by atoms with E-state index in [1.54, 1.807) is 13.2 Å². The van der Waals surface area contributed by atoms with Gasteiger partial charge in [0.2, 0.25) is 10.0 Å². The van der Waals surface area contributed by atoms with Crippen molar-refractivity contribution in [2.45, 2.75) is 18.0 Å². The van der Waals surface area contributed by atoms with Gasteiger partial charge in [0.05, 0.1) is 10.2 Å². The molecule has 1 heterocycles. The highest BCUT2D eigenvalue weighted by molar-refractivity contribution is 9.10. The Bertz CT molecular complexity index is 955. The van der Waals surface area contributed by atoms with E-state index in [0.717, 1.165) is 11.1 Å². The Morgan fingerprint density at radius 3 is 1.93 bits per heavy atom. The van der Waals surface area contributed by atoms with Crippen molar-refractivity contribution in [2.75, 3.05) is 12.4 Å². The summed E-state index contributed by atoms with van der Waals surface area (Å²) in [7, 11) is -2.09. The lowest BCUT2D eigenvalue weighted by atomic mass is 10.2. The summed E-state index contributed by atoms with van der Waals surface area (Å²) in [5.74, 6) is 0. The highest BCUT2D eigenvalue weighted by atomic mass is 79.9. The van der Waals surface area contributed by atoms with Gasteiger partial charge in [-0.2, -0.15) is 4.31 Å². The van der Waals surface area contributed by atoms with Crippen LogP contribution in [0.4, 0.5) is 5.69 Å². The first-order valence-corrected chi connectivity index (χ1v) is 10.6. The maximum Gasteiger partial charge on any atom is 0.247 e. The fourth-order valence-corrected chi connectivity index (χ4v) is 5.04. The molecule has 0 fully saturated rings. The van der Waals surface area contributed by atoms with Gasteiger partial charge in [-0.15, -0.1) is 0 Å². The molecule has 27 heavy (non-hydrogen) atoms. The molecule has 7 heteroatoms. The van der Waals surface area contributed by atoms with Crippen LogP contribution in [0, 0.1) is 0 Å². The van der Waals surface area contributed by atoms with E-state index in [0.29, 0.717) is 10.2 Å². The van der Waals surface area contributed by atoms with Gasteiger partial charge in [0.15, 0.2) is 0 Å². The van der Waals surface area contributed by atoms with Gasteiger partial charge in [0.1, 0.15) is 4.90 Å². The van der Waals surface area contributed by atoms with E-state index in [4.69, 9.17) is 0 Å². The van der Waals surface area contributed by atoms with Gasteiger partial charge >= 0.3 is 0 Å². The average Bonchev–Trinajstić information content (AvgIpc) is 2.69. The van der Waals surface area contributed by atoms with Crippen molar-refractivity contribution in [1.82, 2.24) is 9.29 Å². The number of halogens is 1. The standard InChI is InChI=1S/C20H20BrN3O2S/c1-22-20-18(21)12-23-13-19(20)27(25,26)24(14-16-8-4-2-5-9-16)15-17-10-6-3-7-11-17/h2-13H,14-15H2,1H3,(H,22,23). The number of pyridine rings is 1. The van der Waals surface area contributed by atoms with Crippen molar-refractivity contribution >= 4 is 31.6 Å². The zero-order chi connectivity index (χ0) is 19.3. The lowest BCUT2D eigenvalue weighted by Gasteiger charge is -2.24. The molecule has 0 aliphatic rings. The minimum atomic E-state index is -3.78. The summed E-state index contributed by atoms with van der Waals surface area (Å²) < 4.78 is 29.1. The fourth-order valence-electron chi connectivity index (χ4n) is 2.79. The quantitative estimate of drug-likeness (QED) is 0.589. The second-order valence-corrected chi connectivity index (χ2v) is 8.75. The van der Waals surface area contributed by atoms with E-state index < -0.39 is 10.0 Å². The molecule has 0 saturated carbocycles. The first-order chi connectivity index (χ1) is 13.0. The Balaban J connectivity index is 2.04. The molecule has 5 nitrogen and oxygen atoms in total.